The summed E-state index contributed by atoms with van der Waals surface area (Å²) in [6.07, 6.45) is 0. The van der Waals surface area contributed by atoms with Gasteiger partial charge in [-0.25, -0.2) is 10.0 Å². The molecule has 0 spiro atoms. The van der Waals surface area contributed by atoms with Crippen LogP contribution < -0.4 is 10.7 Å². The lowest BCUT2D eigenvalue weighted by molar-refractivity contribution is -0.991. The molecule has 4 N–H and O–H groups in total. The number of anilines is 1. The molecule has 3 aromatic rings. The van der Waals surface area contributed by atoms with E-state index in [2.05, 4.69) is 10.5 Å². The molecule has 0 aliphatic rings. The topological polar surface area (TPSA) is 109 Å². The van der Waals surface area contributed by atoms with Crippen molar-refractivity contribution < 1.29 is 20.3 Å². The molecule has 7 heteroatoms. The van der Waals surface area contributed by atoms with Gasteiger partial charge in [-0.3, -0.25) is 5.43 Å². The average Bonchev–Trinajstić information content (AvgIpc) is 2.69. The Hall–Kier alpha value is -3.52. The van der Waals surface area contributed by atoms with E-state index in [0.717, 1.165) is 5.56 Å². The minimum absolute atomic E-state index is 0.106. The zero-order valence-electron chi connectivity index (χ0n) is 14.2. The summed E-state index contributed by atoms with van der Waals surface area (Å²) in [5, 5.41) is 32.8. The summed E-state index contributed by atoms with van der Waals surface area (Å²) >= 11 is 0. The number of nitrogens with one attached hydrogen (secondary N) is 2. The average molecular weight is 363 g/mol. The zero-order chi connectivity index (χ0) is 19.2. The number of carbonyl (C=O) groups is 1. The molecule has 1 unspecified atom stereocenters. The summed E-state index contributed by atoms with van der Waals surface area (Å²) in [6, 6.07) is 22.2. The summed E-state index contributed by atoms with van der Waals surface area (Å²) in [6.45, 7) is 0. The molecule has 0 aliphatic heterocycles. The smallest absolute Gasteiger partial charge is 0.337 e. The van der Waals surface area contributed by atoms with E-state index >= 15 is 0 Å². The summed E-state index contributed by atoms with van der Waals surface area (Å²) in [4.78, 5) is 11.4. The third-order valence-corrected chi connectivity index (χ3v) is 3.90. The molecule has 27 heavy (non-hydrogen) atoms. The summed E-state index contributed by atoms with van der Waals surface area (Å²) in [5.41, 5.74) is 5.53. The van der Waals surface area contributed by atoms with Crippen LogP contribution in [0.25, 0.3) is 0 Å². The van der Waals surface area contributed by atoms with Crippen LogP contribution >= 0.6 is 0 Å². The Morgan fingerprint density at radius 2 is 1.48 bits per heavy atom. The maximum absolute atomic E-state index is 11.4. The quantitative estimate of drug-likeness (QED) is 0.398. The van der Waals surface area contributed by atoms with E-state index in [1.165, 1.54) is 18.2 Å². The van der Waals surface area contributed by atoms with Crippen LogP contribution in [0.3, 0.4) is 0 Å². The largest absolute Gasteiger partial charge is 0.595 e. The first kappa shape index (κ1) is 18.3. The number of aromatic carboxylic acids is 1. The van der Waals surface area contributed by atoms with Gasteiger partial charge in [-0.2, -0.15) is 10.3 Å². The van der Waals surface area contributed by atoms with Crippen molar-refractivity contribution in [1.82, 2.24) is 0 Å². The van der Waals surface area contributed by atoms with Crippen LogP contribution in [0.15, 0.2) is 84.0 Å². The van der Waals surface area contributed by atoms with Gasteiger partial charge in [0, 0.05) is 23.3 Å². The molecular formula is C20H17N3O4. The van der Waals surface area contributed by atoms with E-state index in [-0.39, 0.29) is 11.3 Å². The number of hydrogen-bond acceptors (Lipinski definition) is 5. The van der Waals surface area contributed by atoms with Crippen LogP contribution in [0.5, 0.6) is 0 Å². The van der Waals surface area contributed by atoms with Crippen molar-refractivity contribution in [2.75, 3.05) is 5.43 Å². The third kappa shape index (κ3) is 4.36. The lowest BCUT2D eigenvalue weighted by atomic mass is 10.0. The van der Waals surface area contributed by atoms with E-state index in [1.54, 1.807) is 30.3 Å². The number of carboxylic acids is 1. The van der Waals surface area contributed by atoms with Crippen molar-refractivity contribution in [3.05, 3.63) is 101 Å². The minimum atomic E-state index is -1.06. The maximum atomic E-state index is 11.4. The second-order valence-electron chi connectivity index (χ2n) is 5.67. The summed E-state index contributed by atoms with van der Waals surface area (Å²) in [7, 11) is 0. The molecule has 0 fully saturated rings. The number of nitrogens with zero attached hydrogens (tertiary/aromatic N) is 1. The van der Waals surface area contributed by atoms with E-state index in [4.69, 9.17) is 5.21 Å². The predicted molar refractivity (Wildman–Crippen MR) is 101 cm³/mol. The normalized spacial score (nSPS) is 12.4. The molecule has 0 radical (unpaired) electrons. The van der Waals surface area contributed by atoms with Gasteiger partial charge >= 0.3 is 5.97 Å². The lowest BCUT2D eigenvalue weighted by Gasteiger charge is -2.13. The first-order chi connectivity index (χ1) is 13.1. The third-order valence-electron chi connectivity index (χ3n) is 3.90. The molecule has 1 atom stereocenters. The predicted octanol–water partition coefficient (Wildman–Crippen LogP) is 2.65. The van der Waals surface area contributed by atoms with Gasteiger partial charge in [0.05, 0.1) is 17.0 Å². The second-order valence-corrected chi connectivity index (χ2v) is 5.67. The lowest BCUT2D eigenvalue weighted by Crippen LogP contribution is -2.99. The Morgan fingerprint density at radius 1 is 0.889 bits per heavy atom. The summed E-state index contributed by atoms with van der Waals surface area (Å²) < 4.78 is 0. The molecule has 0 heterocycles. The molecule has 0 amide bonds. The van der Waals surface area contributed by atoms with Crippen LogP contribution in [0.1, 0.15) is 21.5 Å². The number of carboxylic acid groups (broad SMARTS) is 1. The molecule has 0 saturated carbocycles. The molecule has 3 rings (SSSR count). The fourth-order valence-electron chi connectivity index (χ4n) is 2.55. The van der Waals surface area contributed by atoms with Crippen molar-refractivity contribution in [2.45, 2.75) is 0 Å². The van der Waals surface area contributed by atoms with Crippen LogP contribution in [-0.4, -0.2) is 22.0 Å². The Labute approximate surface area is 155 Å². The van der Waals surface area contributed by atoms with E-state index < -0.39 is 11.2 Å². The molecule has 0 aliphatic carbocycles. The Morgan fingerprint density at radius 3 is 2.11 bits per heavy atom. The van der Waals surface area contributed by atoms with Crippen molar-refractivity contribution in [2.24, 2.45) is 5.10 Å². The van der Waals surface area contributed by atoms with E-state index in [9.17, 15) is 15.1 Å². The van der Waals surface area contributed by atoms with Gasteiger partial charge in [0.2, 0.25) is 0 Å². The molecular weight excluding hydrogens is 346 g/mol. The first-order valence-corrected chi connectivity index (χ1v) is 8.11. The monoisotopic (exact) mass is 363 g/mol. The van der Waals surface area contributed by atoms with Gasteiger partial charge in [-0.05, 0) is 24.3 Å². The Kier molecular flexibility index (Phi) is 5.58. The highest BCUT2D eigenvalue weighted by atomic mass is 16.8. The summed E-state index contributed by atoms with van der Waals surface area (Å²) in [5.74, 6) is -1.06. The highest BCUT2D eigenvalue weighted by molar-refractivity contribution is 6.13. The van der Waals surface area contributed by atoms with Crippen molar-refractivity contribution >= 4 is 23.1 Å². The van der Waals surface area contributed by atoms with Crippen molar-refractivity contribution in [3.63, 3.8) is 0 Å². The van der Waals surface area contributed by atoms with Gasteiger partial charge in [0.15, 0.2) is 5.69 Å². The molecule has 136 valence electrons. The fourth-order valence-corrected chi connectivity index (χ4v) is 2.55. The maximum Gasteiger partial charge on any atom is 0.337 e. The van der Waals surface area contributed by atoms with Gasteiger partial charge < -0.3 is 10.3 Å². The van der Waals surface area contributed by atoms with Crippen LogP contribution in [-0.2, 0) is 0 Å². The number of quaternary nitrogens is 1. The van der Waals surface area contributed by atoms with Gasteiger partial charge in [-0.15, -0.1) is 0 Å². The number of hydrogen-bond donors (Lipinski definition) is 4. The number of hydrazone groups is 1. The highest BCUT2D eigenvalue weighted by Gasteiger charge is 2.11. The van der Waals surface area contributed by atoms with E-state index in [1.807, 2.05) is 30.3 Å². The van der Waals surface area contributed by atoms with Crippen molar-refractivity contribution in [1.29, 1.82) is 0 Å². The van der Waals surface area contributed by atoms with Gasteiger partial charge in [-0.1, -0.05) is 42.5 Å². The van der Waals surface area contributed by atoms with Crippen LogP contribution in [0.2, 0.25) is 0 Å². The fraction of sp³-hybridized carbons (Fsp3) is 0. The molecule has 0 bridgehead atoms. The Bertz CT molecular complexity index is 954. The molecule has 0 aromatic heterocycles. The number of rotatable bonds is 6. The van der Waals surface area contributed by atoms with Crippen LogP contribution in [0.4, 0.5) is 11.4 Å². The minimum Gasteiger partial charge on any atom is -0.595 e. The SMILES string of the molecule is O=C(O)c1ccccc1NN=C(c1ccccc1)c1ccc([NH+]([O-])O)cc1. The first-order valence-electron chi connectivity index (χ1n) is 8.11. The number of para-hydroxylation sites is 1. The second kappa shape index (κ2) is 8.24. The van der Waals surface area contributed by atoms with Crippen molar-refractivity contribution in [3.8, 4) is 0 Å². The van der Waals surface area contributed by atoms with Crippen LogP contribution in [0, 0.1) is 5.21 Å². The molecule has 3 aromatic carbocycles. The van der Waals surface area contributed by atoms with Gasteiger partial charge in [0.1, 0.15) is 0 Å². The Balaban J connectivity index is 2.01. The number of benzene rings is 3. The zero-order valence-corrected chi connectivity index (χ0v) is 14.2. The van der Waals surface area contributed by atoms with E-state index in [0.29, 0.717) is 17.0 Å². The van der Waals surface area contributed by atoms with Gasteiger partial charge in [0.25, 0.3) is 0 Å². The standard InChI is InChI=1S/C20H17N3O4/c24-20(25)17-8-4-5-9-18(17)21-22-19(14-6-2-1-3-7-14)15-10-12-16(13-11-15)23(26)27/h1-13,21,23,26H,(H,24,25). The molecule has 7 nitrogen and oxygen atoms in total. The highest BCUT2D eigenvalue weighted by Crippen LogP contribution is 2.17. The molecule has 0 saturated heterocycles.